The van der Waals surface area contributed by atoms with Crippen molar-refractivity contribution in [2.75, 3.05) is 13.7 Å². The van der Waals surface area contributed by atoms with Crippen LogP contribution in [0.15, 0.2) is 53.4 Å². The highest BCUT2D eigenvalue weighted by atomic mass is 32.2. The van der Waals surface area contributed by atoms with E-state index in [1.165, 1.54) is 0 Å². The average Bonchev–Trinajstić information content (AvgIpc) is 2.59. The molecule has 0 aliphatic heterocycles. The zero-order valence-electron chi connectivity index (χ0n) is 13.2. The summed E-state index contributed by atoms with van der Waals surface area (Å²) >= 11 is 0. The molecule has 120 valence electrons. The molecule has 0 saturated carbocycles. The Morgan fingerprint density at radius 1 is 1.04 bits per heavy atom. The number of hydrogen-bond donors (Lipinski definition) is 1. The molecule has 0 heterocycles. The van der Waals surface area contributed by atoms with Crippen molar-refractivity contribution in [2.24, 2.45) is 0 Å². The number of hydrogen-bond acceptors (Lipinski definition) is 3. The molecule has 0 fully saturated rings. The van der Waals surface area contributed by atoms with E-state index in [0.717, 1.165) is 23.3 Å². The molecule has 4 nitrogen and oxygen atoms in total. The van der Waals surface area contributed by atoms with Crippen molar-refractivity contribution in [3.05, 3.63) is 59.7 Å². The standard InChI is InChI=1S/C18H19NO3S/c1-3-15-8-12-18(13-9-15)23(20,21)19-14-4-5-16-6-10-17(22-2)11-7-16/h6-13,19H,3,14H2,1-2H3. The monoisotopic (exact) mass is 329 g/mol. The second kappa shape index (κ2) is 7.82. The molecule has 1 N–H and O–H groups in total. The molecule has 0 unspecified atom stereocenters. The highest BCUT2D eigenvalue weighted by Crippen LogP contribution is 2.11. The summed E-state index contributed by atoms with van der Waals surface area (Å²) in [6, 6.07) is 14.1. The first-order valence-corrected chi connectivity index (χ1v) is 8.75. The maximum Gasteiger partial charge on any atom is 0.241 e. The molecule has 23 heavy (non-hydrogen) atoms. The van der Waals surface area contributed by atoms with Crippen molar-refractivity contribution in [3.8, 4) is 17.6 Å². The van der Waals surface area contributed by atoms with Gasteiger partial charge in [0.25, 0.3) is 0 Å². The number of sulfonamides is 1. The Balaban J connectivity index is 1.97. The maximum atomic E-state index is 12.1. The Bertz CT molecular complexity index is 798. The fraction of sp³-hybridized carbons (Fsp3) is 0.222. The van der Waals surface area contributed by atoms with Crippen LogP contribution >= 0.6 is 0 Å². The molecule has 2 aromatic rings. The lowest BCUT2D eigenvalue weighted by Crippen LogP contribution is -2.24. The van der Waals surface area contributed by atoms with Crippen LogP contribution in [0.25, 0.3) is 0 Å². The largest absolute Gasteiger partial charge is 0.497 e. The molecule has 0 aliphatic rings. The minimum absolute atomic E-state index is 0.0594. The first-order valence-electron chi connectivity index (χ1n) is 7.26. The molecule has 2 rings (SSSR count). The van der Waals surface area contributed by atoms with Crippen molar-refractivity contribution in [2.45, 2.75) is 18.2 Å². The van der Waals surface area contributed by atoms with Crippen LogP contribution in [0.4, 0.5) is 0 Å². The van der Waals surface area contributed by atoms with Gasteiger partial charge in [-0.15, -0.1) is 0 Å². The molecule has 0 saturated heterocycles. The van der Waals surface area contributed by atoms with Crippen molar-refractivity contribution < 1.29 is 13.2 Å². The van der Waals surface area contributed by atoms with Gasteiger partial charge in [0.15, 0.2) is 0 Å². The van der Waals surface area contributed by atoms with E-state index in [1.54, 1.807) is 19.2 Å². The molecule has 0 aromatic heterocycles. The number of aryl methyl sites for hydroxylation is 1. The third kappa shape index (κ3) is 4.85. The predicted octanol–water partition coefficient (Wildman–Crippen LogP) is 2.59. The van der Waals surface area contributed by atoms with Gasteiger partial charge in [0.2, 0.25) is 10.0 Å². The normalized spacial score (nSPS) is 10.7. The van der Waals surface area contributed by atoms with Crippen LogP contribution in [-0.4, -0.2) is 22.1 Å². The van der Waals surface area contributed by atoms with Crippen molar-refractivity contribution in [1.29, 1.82) is 0 Å². The fourth-order valence-corrected chi connectivity index (χ4v) is 2.86. The summed E-state index contributed by atoms with van der Waals surface area (Å²) in [5.74, 6) is 6.47. The lowest BCUT2D eigenvalue weighted by molar-refractivity contribution is 0.415. The zero-order chi connectivity index (χ0) is 16.7. The zero-order valence-corrected chi connectivity index (χ0v) is 14.0. The van der Waals surface area contributed by atoms with E-state index in [0.29, 0.717) is 0 Å². The van der Waals surface area contributed by atoms with E-state index in [-0.39, 0.29) is 11.4 Å². The van der Waals surface area contributed by atoms with Gasteiger partial charge >= 0.3 is 0 Å². The number of rotatable bonds is 5. The quantitative estimate of drug-likeness (QED) is 0.858. The van der Waals surface area contributed by atoms with Crippen LogP contribution in [0, 0.1) is 11.8 Å². The summed E-state index contributed by atoms with van der Waals surface area (Å²) in [5.41, 5.74) is 1.90. The second-order valence-corrected chi connectivity index (χ2v) is 6.62. The molecule has 0 radical (unpaired) electrons. The second-order valence-electron chi connectivity index (χ2n) is 4.85. The van der Waals surface area contributed by atoms with Crippen LogP contribution < -0.4 is 9.46 Å². The van der Waals surface area contributed by atoms with Gasteiger partial charge in [-0.05, 0) is 48.4 Å². The Labute approximate surface area is 137 Å². The van der Waals surface area contributed by atoms with Gasteiger partial charge in [-0.3, -0.25) is 0 Å². The first kappa shape index (κ1) is 17.1. The van der Waals surface area contributed by atoms with Gasteiger partial charge in [0, 0.05) is 5.56 Å². The van der Waals surface area contributed by atoms with Gasteiger partial charge in [-0.25, -0.2) is 8.42 Å². The molecule has 0 bridgehead atoms. The molecule has 0 aliphatic carbocycles. The SMILES string of the molecule is CCc1ccc(S(=O)(=O)NCC#Cc2ccc(OC)cc2)cc1. The lowest BCUT2D eigenvalue weighted by atomic mass is 10.2. The van der Waals surface area contributed by atoms with Gasteiger partial charge in [-0.2, -0.15) is 4.72 Å². The minimum atomic E-state index is -3.52. The van der Waals surface area contributed by atoms with E-state index in [9.17, 15) is 8.42 Å². The number of methoxy groups -OCH3 is 1. The van der Waals surface area contributed by atoms with E-state index in [1.807, 2.05) is 43.3 Å². The molecular formula is C18H19NO3S. The van der Waals surface area contributed by atoms with Crippen LogP contribution in [0.5, 0.6) is 5.75 Å². The first-order chi connectivity index (χ1) is 11.0. The third-order valence-electron chi connectivity index (χ3n) is 3.32. The molecule has 2 aromatic carbocycles. The van der Waals surface area contributed by atoms with Crippen LogP contribution in [0.3, 0.4) is 0 Å². The van der Waals surface area contributed by atoms with E-state index >= 15 is 0 Å². The number of ether oxygens (including phenoxy) is 1. The van der Waals surface area contributed by atoms with Crippen LogP contribution in [0.1, 0.15) is 18.1 Å². The number of nitrogens with one attached hydrogen (secondary N) is 1. The lowest BCUT2D eigenvalue weighted by Gasteiger charge is -2.04. The Hall–Kier alpha value is -2.29. The van der Waals surface area contributed by atoms with Crippen molar-refractivity contribution >= 4 is 10.0 Å². The Kier molecular flexibility index (Phi) is 5.80. The van der Waals surface area contributed by atoms with Gasteiger partial charge in [-0.1, -0.05) is 30.9 Å². The average molecular weight is 329 g/mol. The molecule has 5 heteroatoms. The molecule has 0 atom stereocenters. The van der Waals surface area contributed by atoms with Gasteiger partial charge in [0.05, 0.1) is 18.6 Å². The van der Waals surface area contributed by atoms with E-state index in [4.69, 9.17) is 4.74 Å². The van der Waals surface area contributed by atoms with Crippen molar-refractivity contribution in [1.82, 2.24) is 4.72 Å². The van der Waals surface area contributed by atoms with Gasteiger partial charge < -0.3 is 4.74 Å². The Morgan fingerprint density at radius 3 is 2.26 bits per heavy atom. The summed E-state index contributed by atoms with van der Waals surface area (Å²) in [5, 5.41) is 0. The topological polar surface area (TPSA) is 55.4 Å². The van der Waals surface area contributed by atoms with Gasteiger partial charge in [0.1, 0.15) is 5.75 Å². The van der Waals surface area contributed by atoms with Crippen LogP contribution in [0.2, 0.25) is 0 Å². The molecule has 0 amide bonds. The summed E-state index contributed by atoms with van der Waals surface area (Å²) < 4.78 is 31.8. The smallest absolute Gasteiger partial charge is 0.241 e. The maximum absolute atomic E-state index is 12.1. The molecular weight excluding hydrogens is 310 g/mol. The highest BCUT2D eigenvalue weighted by Gasteiger charge is 2.11. The Morgan fingerprint density at radius 2 is 1.70 bits per heavy atom. The van der Waals surface area contributed by atoms with Crippen molar-refractivity contribution in [3.63, 3.8) is 0 Å². The highest BCUT2D eigenvalue weighted by molar-refractivity contribution is 7.89. The fourth-order valence-electron chi connectivity index (χ4n) is 1.94. The summed E-state index contributed by atoms with van der Waals surface area (Å²) in [4.78, 5) is 0.251. The number of benzene rings is 2. The summed E-state index contributed by atoms with van der Waals surface area (Å²) in [7, 11) is -1.92. The van der Waals surface area contributed by atoms with E-state index in [2.05, 4.69) is 16.6 Å². The summed E-state index contributed by atoms with van der Waals surface area (Å²) in [6.07, 6.45) is 0.876. The van der Waals surface area contributed by atoms with E-state index < -0.39 is 10.0 Å². The minimum Gasteiger partial charge on any atom is -0.497 e. The third-order valence-corrected chi connectivity index (χ3v) is 4.73. The van der Waals surface area contributed by atoms with Crippen LogP contribution in [-0.2, 0) is 16.4 Å². The molecule has 0 spiro atoms. The predicted molar refractivity (Wildman–Crippen MR) is 90.9 cm³/mol. The summed E-state index contributed by atoms with van der Waals surface area (Å²) in [6.45, 7) is 2.08.